The maximum atomic E-state index is 12.7. The van der Waals surface area contributed by atoms with Crippen molar-refractivity contribution in [1.29, 1.82) is 0 Å². The Balaban J connectivity index is 1.70. The number of hydrogen-bond acceptors (Lipinski definition) is 19. The molecule has 3 rings (SSSR count). The summed E-state index contributed by atoms with van der Waals surface area (Å²) in [5, 5.41) is 35.8. The Kier molecular flexibility index (Phi) is 16.2. The van der Waals surface area contributed by atoms with Crippen molar-refractivity contribution in [1.82, 2.24) is 30.2 Å². The first-order chi connectivity index (χ1) is 25.4. The van der Waals surface area contributed by atoms with Gasteiger partial charge >= 0.3 is 23.5 Å². The molecule has 0 aliphatic carbocycles. The molecule has 0 saturated carbocycles. The fourth-order valence-corrected chi connectivity index (χ4v) is 7.56. The molecule has 2 aromatic rings. The van der Waals surface area contributed by atoms with E-state index in [9.17, 15) is 63.0 Å². The predicted molar refractivity (Wildman–Crippen MR) is 189 cm³/mol. The van der Waals surface area contributed by atoms with Gasteiger partial charge < -0.3 is 56.0 Å². The van der Waals surface area contributed by atoms with E-state index in [1.807, 2.05) is 0 Å². The molecule has 1 aliphatic rings. The molecule has 3 unspecified atom stereocenters. The third kappa shape index (κ3) is 13.7. The highest BCUT2D eigenvalue weighted by atomic mass is 32.1. The van der Waals surface area contributed by atoms with Crippen molar-refractivity contribution in [2.45, 2.75) is 63.9 Å². The number of ether oxygens (including phenoxy) is 1. The number of phosphoric acid groups is 3. The van der Waals surface area contributed by atoms with Crippen molar-refractivity contribution < 1.29 is 85.6 Å². The number of imidazole rings is 1. The number of ketones is 1. The number of anilines is 1. The normalized spacial score (nSPS) is 22.6. The number of nitrogens with zero attached hydrogens (tertiary/aromatic N) is 4. The molecular weight excluding hydrogens is 823 g/mol. The van der Waals surface area contributed by atoms with Crippen LogP contribution in [0.5, 0.6) is 0 Å². The maximum Gasteiger partial charge on any atom is 0.481 e. The van der Waals surface area contributed by atoms with Gasteiger partial charge in [-0.15, -0.1) is 0 Å². The molecule has 1 saturated heterocycles. The molecule has 0 spiro atoms. The van der Waals surface area contributed by atoms with E-state index in [4.69, 9.17) is 19.5 Å². The molecule has 2 amide bonds. The number of aliphatic hydroxyl groups is 3. The van der Waals surface area contributed by atoms with Crippen LogP contribution in [-0.4, -0.2) is 135 Å². The first-order valence-electron chi connectivity index (χ1n) is 15.8. The van der Waals surface area contributed by atoms with Crippen molar-refractivity contribution in [3.05, 3.63) is 24.3 Å². The molecule has 0 radical (unpaired) electrons. The zero-order chi connectivity index (χ0) is 41.5. The zero-order valence-electron chi connectivity index (χ0n) is 29.2. The fourth-order valence-electron chi connectivity index (χ4n) is 4.61. The smallest absolute Gasteiger partial charge is 0.389 e. The number of hydrogen-bond donors (Lipinski definition) is 11. The second-order valence-corrected chi connectivity index (χ2v) is 17.1. The second-order valence-electron chi connectivity index (χ2n) is 12.4. The molecule has 1 fully saturated rings. The molecule has 25 nitrogen and oxygen atoms in total. The standard InChI is InChI=1S/C26H42N7O18P3S/c1-13(34)4-5-14(35)22-31-21(27)17-23(32-22)33(12-30-17)25-18(37)19(50-52(40,41)42)15(49-25)10-47-53(43,44)51-54(45,46)48-11-26(2,3)20(38)24(39)29-7-6-16(36)28-8-9-55/h4-5,12-13,15,18-20,25,34,37-38,55H,6-11H2,1-3H3,(H,28,36)(H,29,39)(H,43,44)(H,45,46)(H2,27,31,32)(H2,40,41,42)/t13?,15-,18-,19-,20+,25-/m1/s1. The van der Waals surface area contributed by atoms with Crippen LogP contribution in [0.1, 0.15) is 44.0 Å². The number of nitrogen functional groups attached to an aromatic ring is 1. The van der Waals surface area contributed by atoms with E-state index in [2.05, 4.69) is 47.0 Å². The Hall–Kier alpha value is -2.74. The first-order valence-corrected chi connectivity index (χ1v) is 21.0. The molecule has 3 heterocycles. The Morgan fingerprint density at radius 3 is 2.36 bits per heavy atom. The van der Waals surface area contributed by atoms with E-state index in [1.54, 1.807) is 0 Å². The van der Waals surface area contributed by atoms with Gasteiger partial charge in [0.05, 0.1) is 25.6 Å². The Bertz CT molecular complexity index is 1880. The quantitative estimate of drug-likeness (QED) is 0.0293. The largest absolute Gasteiger partial charge is 0.481 e. The summed E-state index contributed by atoms with van der Waals surface area (Å²) in [5.74, 6) is -2.54. The van der Waals surface area contributed by atoms with Gasteiger partial charge in [0.15, 0.2) is 17.7 Å². The van der Waals surface area contributed by atoms with Crippen LogP contribution >= 0.6 is 36.1 Å². The summed E-state index contributed by atoms with van der Waals surface area (Å²) in [6.45, 7) is 1.90. The number of rotatable bonds is 21. The van der Waals surface area contributed by atoms with Gasteiger partial charge in [-0.25, -0.2) is 28.6 Å². The van der Waals surface area contributed by atoms with Gasteiger partial charge in [-0.05, 0) is 13.0 Å². The Labute approximate surface area is 317 Å². The van der Waals surface area contributed by atoms with Crippen molar-refractivity contribution in [2.24, 2.45) is 5.41 Å². The highest BCUT2D eigenvalue weighted by Crippen LogP contribution is 2.61. The number of phosphoric ester groups is 3. The summed E-state index contributed by atoms with van der Waals surface area (Å²) in [6.07, 6.45) is -7.44. The minimum atomic E-state index is -5.63. The highest BCUT2D eigenvalue weighted by Gasteiger charge is 2.50. The van der Waals surface area contributed by atoms with Crippen LogP contribution in [0.2, 0.25) is 0 Å². The molecule has 310 valence electrons. The molecule has 1 aliphatic heterocycles. The topological polar surface area (TPSA) is 384 Å². The molecular formula is C26H42N7O18P3S. The summed E-state index contributed by atoms with van der Waals surface area (Å²) >= 11 is 3.95. The molecule has 0 aromatic carbocycles. The lowest BCUT2D eigenvalue weighted by atomic mass is 9.87. The number of allylic oxidation sites excluding steroid dienone is 1. The minimum absolute atomic E-state index is 0.105. The number of aromatic nitrogens is 4. The number of nitrogens with two attached hydrogens (primary N) is 1. The Morgan fingerprint density at radius 2 is 1.75 bits per heavy atom. The van der Waals surface area contributed by atoms with Gasteiger partial charge in [-0.1, -0.05) is 19.9 Å². The number of nitrogens with one attached hydrogen (secondary N) is 2. The van der Waals surface area contributed by atoms with Gasteiger partial charge in [-0.3, -0.25) is 32.5 Å². The third-order valence-corrected chi connectivity index (χ3v) is 10.6. The van der Waals surface area contributed by atoms with Crippen molar-refractivity contribution in [2.75, 3.05) is 37.8 Å². The van der Waals surface area contributed by atoms with Gasteiger partial charge in [0.25, 0.3) is 0 Å². The number of amides is 2. The molecule has 0 bridgehead atoms. The van der Waals surface area contributed by atoms with Crippen LogP contribution in [0.4, 0.5) is 5.82 Å². The van der Waals surface area contributed by atoms with Crippen molar-refractivity contribution >= 4 is 70.7 Å². The zero-order valence-corrected chi connectivity index (χ0v) is 32.8. The summed E-state index contributed by atoms with van der Waals surface area (Å²) in [6, 6.07) is 0. The number of thiol groups is 1. The van der Waals surface area contributed by atoms with Gasteiger partial charge in [-0.2, -0.15) is 16.9 Å². The van der Waals surface area contributed by atoms with Crippen LogP contribution in [0, 0.1) is 5.41 Å². The van der Waals surface area contributed by atoms with E-state index in [0.717, 1.165) is 23.0 Å². The van der Waals surface area contributed by atoms with Crippen molar-refractivity contribution in [3.8, 4) is 0 Å². The third-order valence-electron chi connectivity index (χ3n) is 7.32. The minimum Gasteiger partial charge on any atom is -0.389 e. The lowest BCUT2D eigenvalue weighted by Gasteiger charge is -2.30. The number of carbonyl (C=O) groups excluding carboxylic acids is 3. The predicted octanol–water partition coefficient (Wildman–Crippen LogP) is -1.55. The maximum absolute atomic E-state index is 12.7. The lowest BCUT2D eigenvalue weighted by molar-refractivity contribution is -0.137. The highest BCUT2D eigenvalue weighted by molar-refractivity contribution is 7.80. The summed E-state index contributed by atoms with van der Waals surface area (Å²) in [7, 11) is -16.6. The number of fused-ring (bicyclic) bond motifs is 1. The van der Waals surface area contributed by atoms with Gasteiger partial charge in [0, 0.05) is 30.7 Å². The first kappa shape index (κ1) is 46.6. The van der Waals surface area contributed by atoms with Crippen LogP contribution < -0.4 is 16.4 Å². The van der Waals surface area contributed by atoms with Crippen LogP contribution in [0.15, 0.2) is 18.5 Å². The van der Waals surface area contributed by atoms with E-state index in [0.29, 0.717) is 12.3 Å². The number of aliphatic hydroxyl groups excluding tert-OH is 3. The monoisotopic (exact) mass is 865 g/mol. The molecule has 29 heteroatoms. The average Bonchev–Trinajstić information content (AvgIpc) is 3.63. The van der Waals surface area contributed by atoms with E-state index < -0.39 is 96.4 Å². The SMILES string of the molecule is CC(O)C=CC(=O)c1nc(N)c2ncn([C@@H]3O[C@H](COP(=O)(O)OP(=O)(O)OCC(C)(C)[C@@H](O)C(=O)NCCC(=O)NCCS)[C@@H](OP(=O)(O)O)[C@H]3O)c2n1. The summed E-state index contributed by atoms with van der Waals surface area (Å²) < 4.78 is 62.1. The molecule has 55 heavy (non-hydrogen) atoms. The molecule has 2 aromatic heterocycles. The van der Waals surface area contributed by atoms with E-state index >= 15 is 0 Å². The van der Waals surface area contributed by atoms with Gasteiger partial charge in [0.1, 0.15) is 29.9 Å². The summed E-state index contributed by atoms with van der Waals surface area (Å²) in [4.78, 5) is 87.9. The van der Waals surface area contributed by atoms with E-state index in [-0.39, 0.29) is 35.9 Å². The lowest BCUT2D eigenvalue weighted by Crippen LogP contribution is -2.46. The van der Waals surface area contributed by atoms with Crippen molar-refractivity contribution in [3.63, 3.8) is 0 Å². The van der Waals surface area contributed by atoms with Crippen LogP contribution in [0.3, 0.4) is 0 Å². The second kappa shape index (κ2) is 19.1. The molecule has 11 N–H and O–H groups in total. The number of carbonyl (C=O) groups is 3. The van der Waals surface area contributed by atoms with Gasteiger partial charge in [0.2, 0.25) is 23.4 Å². The Morgan fingerprint density at radius 1 is 1.09 bits per heavy atom. The summed E-state index contributed by atoms with van der Waals surface area (Å²) in [5.41, 5.74) is 3.97. The fraction of sp³-hybridized carbons (Fsp3) is 0.615. The molecule has 8 atom stereocenters. The van der Waals surface area contributed by atoms with E-state index in [1.165, 1.54) is 20.8 Å². The van der Waals surface area contributed by atoms with Crippen LogP contribution in [-0.2, 0) is 45.9 Å². The van der Waals surface area contributed by atoms with Crippen LogP contribution in [0.25, 0.3) is 11.2 Å². The average molecular weight is 866 g/mol.